The van der Waals surface area contributed by atoms with Gasteiger partial charge >= 0.3 is 0 Å². The Hall–Kier alpha value is -3.79. The average molecular weight is 404 g/mol. The quantitative estimate of drug-likeness (QED) is 0.561. The third kappa shape index (κ3) is 4.61. The molecular formula is C23H24N4O3. The van der Waals surface area contributed by atoms with E-state index in [4.69, 9.17) is 14.7 Å². The van der Waals surface area contributed by atoms with Crippen molar-refractivity contribution in [1.29, 1.82) is 5.26 Å². The number of amides is 1. The van der Waals surface area contributed by atoms with Gasteiger partial charge in [-0.15, -0.1) is 0 Å². The van der Waals surface area contributed by atoms with E-state index in [1.54, 1.807) is 25.4 Å². The van der Waals surface area contributed by atoms with E-state index in [-0.39, 0.29) is 5.91 Å². The molecule has 30 heavy (non-hydrogen) atoms. The van der Waals surface area contributed by atoms with Crippen LogP contribution in [0.15, 0.2) is 48.7 Å². The maximum atomic E-state index is 13.0. The van der Waals surface area contributed by atoms with Gasteiger partial charge in [-0.1, -0.05) is 0 Å². The fraction of sp³-hybridized carbons (Fsp3) is 0.261. The van der Waals surface area contributed by atoms with E-state index < -0.39 is 0 Å². The third-order valence-electron chi connectivity index (χ3n) is 4.70. The number of methoxy groups -OCH3 is 1. The highest BCUT2D eigenvalue weighted by Crippen LogP contribution is 2.25. The van der Waals surface area contributed by atoms with Crippen LogP contribution in [-0.2, 0) is 0 Å². The van der Waals surface area contributed by atoms with Gasteiger partial charge in [0, 0.05) is 29.7 Å². The van der Waals surface area contributed by atoms with Crippen molar-refractivity contribution in [3.63, 3.8) is 0 Å². The number of anilines is 1. The van der Waals surface area contributed by atoms with E-state index in [1.807, 2.05) is 48.7 Å². The molecule has 0 aliphatic rings. The Morgan fingerprint density at radius 3 is 2.70 bits per heavy atom. The summed E-state index contributed by atoms with van der Waals surface area (Å²) in [4.78, 5) is 17.2. The van der Waals surface area contributed by atoms with Crippen LogP contribution < -0.4 is 14.8 Å². The number of hydrogen-bond donors (Lipinski definition) is 1. The third-order valence-corrected chi connectivity index (χ3v) is 4.70. The second kappa shape index (κ2) is 9.61. The minimum absolute atomic E-state index is 0.261. The smallest absolute Gasteiger partial charge is 0.258 e. The van der Waals surface area contributed by atoms with E-state index in [0.717, 1.165) is 22.8 Å². The molecule has 0 bridgehead atoms. The second-order valence-corrected chi connectivity index (χ2v) is 6.73. The Morgan fingerprint density at radius 2 is 2.00 bits per heavy atom. The number of aromatic nitrogens is 2. The summed E-state index contributed by atoms with van der Waals surface area (Å²) in [5, 5.41) is 11.5. The maximum Gasteiger partial charge on any atom is 0.258 e. The summed E-state index contributed by atoms with van der Waals surface area (Å²) >= 11 is 0. The van der Waals surface area contributed by atoms with Crippen molar-refractivity contribution in [2.24, 2.45) is 0 Å². The zero-order valence-corrected chi connectivity index (χ0v) is 17.3. The van der Waals surface area contributed by atoms with Gasteiger partial charge in [-0.2, -0.15) is 5.26 Å². The first-order valence-electron chi connectivity index (χ1n) is 9.64. The summed E-state index contributed by atoms with van der Waals surface area (Å²) in [6, 6.07) is 15.1. The summed E-state index contributed by atoms with van der Waals surface area (Å²) < 4.78 is 12.9. The van der Waals surface area contributed by atoms with Crippen LogP contribution >= 0.6 is 0 Å². The predicted molar refractivity (Wildman–Crippen MR) is 114 cm³/mol. The molecule has 0 saturated heterocycles. The van der Waals surface area contributed by atoms with E-state index in [0.29, 0.717) is 36.6 Å². The first-order chi connectivity index (χ1) is 14.5. The Kier molecular flexibility index (Phi) is 6.71. The summed E-state index contributed by atoms with van der Waals surface area (Å²) in [7, 11) is 1.63. The number of unbranched alkanes of at least 4 members (excludes halogenated alkanes) is 1. The van der Waals surface area contributed by atoms with Crippen molar-refractivity contribution in [2.75, 3.05) is 19.0 Å². The van der Waals surface area contributed by atoms with Gasteiger partial charge in [-0.25, -0.2) is 4.98 Å². The summed E-state index contributed by atoms with van der Waals surface area (Å²) in [5.74, 6) is 1.35. The Labute approximate surface area is 175 Å². The highest BCUT2D eigenvalue weighted by atomic mass is 16.5. The monoisotopic (exact) mass is 404 g/mol. The molecule has 2 heterocycles. The van der Waals surface area contributed by atoms with Crippen molar-refractivity contribution < 1.29 is 14.3 Å². The van der Waals surface area contributed by atoms with Gasteiger partial charge in [0.2, 0.25) is 0 Å². The molecule has 0 saturated carbocycles. The van der Waals surface area contributed by atoms with Gasteiger partial charge in [0.1, 0.15) is 5.75 Å². The molecule has 2 aromatic heterocycles. The molecule has 0 aliphatic heterocycles. The number of nitrogens with zero attached hydrogens (tertiary/aromatic N) is 3. The SMILES string of the molecule is COc1ccc(-n2c(C)cc(C(=O)Nc3ncccc3OCCCC#N)c2C)cc1. The number of ether oxygens (including phenoxy) is 2. The second-order valence-electron chi connectivity index (χ2n) is 6.73. The topological polar surface area (TPSA) is 89.2 Å². The van der Waals surface area contributed by atoms with Crippen LogP contribution in [-0.4, -0.2) is 29.2 Å². The minimum atomic E-state index is -0.261. The number of pyridine rings is 1. The molecule has 7 nitrogen and oxygen atoms in total. The van der Waals surface area contributed by atoms with Crippen molar-refractivity contribution >= 4 is 11.7 Å². The van der Waals surface area contributed by atoms with Gasteiger partial charge in [-0.3, -0.25) is 4.79 Å². The number of nitriles is 1. The summed E-state index contributed by atoms with van der Waals surface area (Å²) in [5.41, 5.74) is 3.27. The first-order valence-corrected chi connectivity index (χ1v) is 9.64. The Morgan fingerprint density at radius 1 is 1.23 bits per heavy atom. The lowest BCUT2D eigenvalue weighted by Crippen LogP contribution is -2.15. The normalized spacial score (nSPS) is 10.3. The number of carbonyl (C=O) groups excluding carboxylic acids is 1. The number of carbonyl (C=O) groups is 1. The first kappa shape index (κ1) is 20.9. The maximum absolute atomic E-state index is 13.0. The molecule has 154 valence electrons. The molecular weight excluding hydrogens is 380 g/mol. The van der Waals surface area contributed by atoms with Gasteiger partial charge in [0.15, 0.2) is 11.6 Å². The zero-order chi connectivity index (χ0) is 21.5. The number of rotatable bonds is 8. The van der Waals surface area contributed by atoms with Crippen LogP contribution in [0, 0.1) is 25.2 Å². The average Bonchev–Trinajstić information content (AvgIpc) is 3.06. The molecule has 0 aliphatic carbocycles. The lowest BCUT2D eigenvalue weighted by Gasteiger charge is -2.12. The lowest BCUT2D eigenvalue weighted by molar-refractivity contribution is 0.102. The van der Waals surface area contributed by atoms with Crippen molar-refractivity contribution in [1.82, 2.24) is 9.55 Å². The number of benzene rings is 1. The van der Waals surface area contributed by atoms with Gasteiger partial charge in [-0.05, 0) is 62.7 Å². The molecule has 3 rings (SSSR count). The fourth-order valence-corrected chi connectivity index (χ4v) is 3.23. The van der Waals surface area contributed by atoms with Crippen molar-refractivity contribution in [3.8, 4) is 23.3 Å². The number of hydrogen-bond acceptors (Lipinski definition) is 5. The standard InChI is InChI=1S/C23H24N4O3/c1-16-15-20(17(2)27(16)18-8-10-19(29-3)11-9-18)23(28)26-22-21(7-6-13-25-22)30-14-5-4-12-24/h6-11,13,15H,4-5,14H2,1-3H3,(H,25,26,28). The van der Waals surface area contributed by atoms with E-state index in [2.05, 4.69) is 16.4 Å². The number of nitrogens with one attached hydrogen (secondary N) is 1. The zero-order valence-electron chi connectivity index (χ0n) is 17.3. The fourth-order valence-electron chi connectivity index (χ4n) is 3.23. The predicted octanol–water partition coefficient (Wildman–Crippen LogP) is 4.43. The van der Waals surface area contributed by atoms with Gasteiger partial charge in [0.25, 0.3) is 5.91 Å². The van der Waals surface area contributed by atoms with Crippen LogP contribution in [0.4, 0.5) is 5.82 Å². The molecule has 7 heteroatoms. The minimum Gasteiger partial charge on any atom is -0.497 e. The van der Waals surface area contributed by atoms with E-state index in [1.165, 1.54) is 0 Å². The summed E-state index contributed by atoms with van der Waals surface area (Å²) in [6.45, 7) is 4.25. The van der Waals surface area contributed by atoms with Crippen molar-refractivity contribution in [3.05, 3.63) is 65.6 Å². The largest absolute Gasteiger partial charge is 0.497 e. The molecule has 0 fully saturated rings. The molecule has 1 aromatic carbocycles. The van der Waals surface area contributed by atoms with E-state index in [9.17, 15) is 4.79 Å². The lowest BCUT2D eigenvalue weighted by atomic mass is 10.2. The number of aryl methyl sites for hydroxylation is 1. The Balaban J connectivity index is 1.81. The van der Waals surface area contributed by atoms with Crippen molar-refractivity contribution in [2.45, 2.75) is 26.7 Å². The van der Waals surface area contributed by atoms with Gasteiger partial charge in [0.05, 0.1) is 25.3 Å². The molecule has 1 amide bonds. The Bertz CT molecular complexity index is 1070. The molecule has 0 atom stereocenters. The molecule has 0 spiro atoms. The van der Waals surface area contributed by atoms with E-state index >= 15 is 0 Å². The van der Waals surface area contributed by atoms with Crippen LogP contribution in [0.1, 0.15) is 34.6 Å². The molecule has 1 N–H and O–H groups in total. The van der Waals surface area contributed by atoms with Gasteiger partial charge < -0.3 is 19.4 Å². The van der Waals surface area contributed by atoms with Crippen LogP contribution in [0.2, 0.25) is 0 Å². The molecule has 0 unspecified atom stereocenters. The highest BCUT2D eigenvalue weighted by Gasteiger charge is 2.18. The van der Waals surface area contributed by atoms with Crippen LogP contribution in [0.3, 0.4) is 0 Å². The van der Waals surface area contributed by atoms with Crippen LogP contribution in [0.25, 0.3) is 5.69 Å². The molecule has 0 radical (unpaired) electrons. The highest BCUT2D eigenvalue weighted by molar-refractivity contribution is 6.05. The molecule has 3 aromatic rings. The summed E-state index contributed by atoms with van der Waals surface area (Å²) in [6.07, 6.45) is 2.62. The van der Waals surface area contributed by atoms with Crippen LogP contribution in [0.5, 0.6) is 11.5 Å².